The molecule has 0 fully saturated rings. The van der Waals surface area contributed by atoms with Gasteiger partial charge < -0.3 is 15.7 Å². The van der Waals surface area contributed by atoms with E-state index in [1.807, 2.05) is 12.3 Å². The predicted molar refractivity (Wildman–Crippen MR) is 81.0 cm³/mol. The van der Waals surface area contributed by atoms with E-state index in [2.05, 4.69) is 10.6 Å². The van der Waals surface area contributed by atoms with Gasteiger partial charge in [-0.1, -0.05) is 12.1 Å². The second-order valence-electron chi connectivity index (χ2n) is 4.31. The fourth-order valence-electron chi connectivity index (χ4n) is 1.64. The third-order valence-corrected chi connectivity index (χ3v) is 3.37. The first kappa shape index (κ1) is 16.9. The zero-order valence-electron chi connectivity index (χ0n) is 11.6. The molecule has 1 aromatic rings. The van der Waals surface area contributed by atoms with E-state index in [1.54, 1.807) is 24.3 Å². The number of amides is 2. The molecule has 0 spiro atoms. The first-order valence-electron chi connectivity index (χ1n) is 6.32. The molecule has 21 heavy (non-hydrogen) atoms. The molecule has 0 unspecified atom stereocenters. The predicted octanol–water partition coefficient (Wildman–Crippen LogP) is 1.56. The highest BCUT2D eigenvalue weighted by molar-refractivity contribution is 7.98. The minimum absolute atomic E-state index is 0.232. The lowest BCUT2D eigenvalue weighted by Gasteiger charge is -2.14. The number of carboxylic acid groups (broad SMARTS) is 1. The molecule has 7 heteroatoms. The smallest absolute Gasteiger partial charge is 0.326 e. The second-order valence-corrected chi connectivity index (χ2v) is 5.30. The molecule has 0 bridgehead atoms. The quantitative estimate of drug-likeness (QED) is 0.709. The maximum Gasteiger partial charge on any atom is 0.326 e. The number of carboxylic acids is 1. The summed E-state index contributed by atoms with van der Waals surface area (Å²) in [5.41, 5.74) is 1.29. The Bertz CT molecular complexity index is 543. The molecule has 0 saturated carbocycles. The Morgan fingerprint density at radius 1 is 1.48 bits per heavy atom. The van der Waals surface area contributed by atoms with Crippen LogP contribution in [0.1, 0.15) is 17.5 Å². The molecule has 0 aromatic heterocycles. The molecule has 0 aliphatic rings. The van der Waals surface area contributed by atoms with E-state index >= 15 is 0 Å². The number of aliphatic carboxylic acids is 1. The summed E-state index contributed by atoms with van der Waals surface area (Å²) in [6.07, 6.45) is 2.25. The Balaban J connectivity index is 2.48. The Morgan fingerprint density at radius 3 is 2.86 bits per heavy atom. The van der Waals surface area contributed by atoms with Gasteiger partial charge in [-0.05, 0) is 36.1 Å². The topological polar surface area (TPSA) is 102 Å². The van der Waals surface area contributed by atoms with Crippen molar-refractivity contribution in [1.29, 1.82) is 5.26 Å². The van der Waals surface area contributed by atoms with E-state index < -0.39 is 18.0 Å². The van der Waals surface area contributed by atoms with Crippen LogP contribution < -0.4 is 10.6 Å². The van der Waals surface area contributed by atoms with Crippen molar-refractivity contribution in [3.63, 3.8) is 0 Å². The third kappa shape index (κ3) is 6.19. The van der Waals surface area contributed by atoms with Crippen LogP contribution in [0.2, 0.25) is 0 Å². The number of hydrogen-bond acceptors (Lipinski definition) is 4. The highest BCUT2D eigenvalue weighted by Gasteiger charge is 2.18. The Kier molecular flexibility index (Phi) is 7.12. The Morgan fingerprint density at radius 2 is 2.24 bits per heavy atom. The molecule has 0 heterocycles. The van der Waals surface area contributed by atoms with Crippen LogP contribution >= 0.6 is 11.8 Å². The lowest BCUT2D eigenvalue weighted by atomic mass is 10.1. The van der Waals surface area contributed by atoms with Gasteiger partial charge in [0.05, 0.1) is 11.6 Å². The van der Waals surface area contributed by atoms with Gasteiger partial charge in [-0.25, -0.2) is 9.59 Å². The maximum absolute atomic E-state index is 11.7. The fourth-order valence-corrected chi connectivity index (χ4v) is 2.11. The molecule has 2 amide bonds. The van der Waals surface area contributed by atoms with Crippen LogP contribution in [-0.4, -0.2) is 35.2 Å². The lowest BCUT2D eigenvalue weighted by molar-refractivity contribution is -0.139. The molecule has 0 saturated heterocycles. The standard InChI is InChI=1S/C14H17N3O3S/c1-21-6-5-12(13(18)19)17-14(20)16-9-11-4-2-3-10(7-11)8-15/h2-4,7,12H,5-6,9H2,1H3,(H,18,19)(H2,16,17,20)/t12-/m1/s1. The summed E-state index contributed by atoms with van der Waals surface area (Å²) < 4.78 is 0. The first-order chi connectivity index (χ1) is 10.1. The van der Waals surface area contributed by atoms with Crippen LogP contribution in [0.4, 0.5) is 4.79 Å². The number of hydrogen-bond donors (Lipinski definition) is 3. The average molecular weight is 307 g/mol. The molecule has 3 N–H and O–H groups in total. The van der Waals surface area contributed by atoms with Crippen LogP contribution in [0.25, 0.3) is 0 Å². The fraction of sp³-hybridized carbons (Fsp3) is 0.357. The van der Waals surface area contributed by atoms with Gasteiger partial charge in [0.15, 0.2) is 0 Å². The number of carbonyl (C=O) groups is 2. The third-order valence-electron chi connectivity index (χ3n) is 2.72. The summed E-state index contributed by atoms with van der Waals surface area (Å²) in [4.78, 5) is 22.7. The minimum atomic E-state index is -1.05. The number of thioether (sulfide) groups is 1. The van der Waals surface area contributed by atoms with E-state index in [9.17, 15) is 9.59 Å². The van der Waals surface area contributed by atoms with Gasteiger partial charge in [-0.15, -0.1) is 0 Å². The molecular weight excluding hydrogens is 290 g/mol. The molecule has 1 aromatic carbocycles. The van der Waals surface area contributed by atoms with Crippen molar-refractivity contribution in [3.05, 3.63) is 35.4 Å². The van der Waals surface area contributed by atoms with E-state index in [0.29, 0.717) is 17.7 Å². The van der Waals surface area contributed by atoms with Crippen LogP contribution in [0.15, 0.2) is 24.3 Å². The van der Waals surface area contributed by atoms with Crippen LogP contribution in [0.5, 0.6) is 0 Å². The number of nitrogens with zero attached hydrogens (tertiary/aromatic N) is 1. The highest BCUT2D eigenvalue weighted by Crippen LogP contribution is 2.04. The average Bonchev–Trinajstić information content (AvgIpc) is 2.49. The highest BCUT2D eigenvalue weighted by atomic mass is 32.2. The SMILES string of the molecule is CSCC[C@@H](NC(=O)NCc1cccc(C#N)c1)C(=O)O. The van der Waals surface area contributed by atoms with Gasteiger partial charge in [-0.3, -0.25) is 0 Å². The summed E-state index contributed by atoms with van der Waals surface area (Å²) in [7, 11) is 0. The summed E-state index contributed by atoms with van der Waals surface area (Å²) in [6, 6.07) is 7.43. The summed E-state index contributed by atoms with van der Waals surface area (Å²) in [5.74, 6) is -0.396. The van der Waals surface area contributed by atoms with E-state index in [-0.39, 0.29) is 6.54 Å². The van der Waals surface area contributed by atoms with Gasteiger partial charge in [0.1, 0.15) is 6.04 Å². The van der Waals surface area contributed by atoms with Crippen molar-refractivity contribution in [2.75, 3.05) is 12.0 Å². The number of carbonyl (C=O) groups excluding carboxylic acids is 1. The van der Waals surface area contributed by atoms with Gasteiger partial charge in [0.25, 0.3) is 0 Å². The first-order valence-corrected chi connectivity index (χ1v) is 7.71. The second kappa shape index (κ2) is 8.87. The molecule has 1 rings (SSSR count). The zero-order chi connectivity index (χ0) is 15.7. The molecule has 0 aliphatic heterocycles. The number of urea groups is 1. The van der Waals surface area contributed by atoms with Crippen molar-refractivity contribution in [3.8, 4) is 6.07 Å². The summed E-state index contributed by atoms with van der Waals surface area (Å²) in [5, 5.41) is 22.8. The molecule has 0 aliphatic carbocycles. The molecule has 0 radical (unpaired) electrons. The maximum atomic E-state index is 11.7. The zero-order valence-corrected chi connectivity index (χ0v) is 12.4. The molecule has 112 valence electrons. The molecule has 6 nitrogen and oxygen atoms in total. The van der Waals surface area contributed by atoms with Gasteiger partial charge in [-0.2, -0.15) is 17.0 Å². The Labute approximate surface area is 127 Å². The molecule has 1 atom stereocenters. The van der Waals surface area contributed by atoms with Crippen molar-refractivity contribution in [1.82, 2.24) is 10.6 Å². The van der Waals surface area contributed by atoms with Crippen LogP contribution in [0, 0.1) is 11.3 Å². The van der Waals surface area contributed by atoms with Crippen molar-refractivity contribution in [2.45, 2.75) is 19.0 Å². The number of nitrogens with one attached hydrogen (secondary N) is 2. The van der Waals surface area contributed by atoms with Gasteiger partial charge in [0.2, 0.25) is 0 Å². The van der Waals surface area contributed by atoms with E-state index in [0.717, 1.165) is 5.56 Å². The molecular formula is C14H17N3O3S. The minimum Gasteiger partial charge on any atom is -0.480 e. The van der Waals surface area contributed by atoms with Crippen molar-refractivity contribution >= 4 is 23.8 Å². The van der Waals surface area contributed by atoms with Crippen molar-refractivity contribution in [2.24, 2.45) is 0 Å². The number of benzene rings is 1. The monoisotopic (exact) mass is 307 g/mol. The number of nitriles is 1. The summed E-state index contributed by atoms with van der Waals surface area (Å²) >= 11 is 1.52. The lowest BCUT2D eigenvalue weighted by Crippen LogP contribution is -2.46. The normalized spacial score (nSPS) is 11.2. The van der Waals surface area contributed by atoms with Crippen LogP contribution in [-0.2, 0) is 11.3 Å². The largest absolute Gasteiger partial charge is 0.480 e. The van der Waals surface area contributed by atoms with E-state index in [4.69, 9.17) is 10.4 Å². The summed E-state index contributed by atoms with van der Waals surface area (Å²) in [6.45, 7) is 0.232. The van der Waals surface area contributed by atoms with Crippen LogP contribution in [0.3, 0.4) is 0 Å². The van der Waals surface area contributed by atoms with Gasteiger partial charge in [0, 0.05) is 6.54 Å². The van der Waals surface area contributed by atoms with E-state index in [1.165, 1.54) is 11.8 Å². The Hall–Kier alpha value is -2.20. The van der Waals surface area contributed by atoms with Crippen molar-refractivity contribution < 1.29 is 14.7 Å². The van der Waals surface area contributed by atoms with Gasteiger partial charge >= 0.3 is 12.0 Å². The number of rotatable bonds is 7.